The van der Waals surface area contributed by atoms with Crippen molar-refractivity contribution in [2.24, 2.45) is 0 Å². The van der Waals surface area contributed by atoms with Crippen molar-refractivity contribution in [2.75, 3.05) is 30.8 Å². The number of hydrogen-bond donors (Lipinski definition) is 1. The molecule has 8 nitrogen and oxygen atoms in total. The zero-order valence-electron chi connectivity index (χ0n) is 20.3. The van der Waals surface area contributed by atoms with E-state index < -0.39 is 40.2 Å². The van der Waals surface area contributed by atoms with Crippen molar-refractivity contribution in [3.05, 3.63) is 59.7 Å². The smallest absolute Gasteiger partial charge is 0.244 e. The van der Waals surface area contributed by atoms with Gasteiger partial charge >= 0.3 is 0 Å². The summed E-state index contributed by atoms with van der Waals surface area (Å²) in [4.78, 5) is 27.4. The molecule has 0 saturated carbocycles. The van der Waals surface area contributed by atoms with E-state index in [2.05, 4.69) is 5.32 Å². The number of carbonyl (C=O) groups is 2. The number of benzene rings is 2. The van der Waals surface area contributed by atoms with Crippen LogP contribution in [0.15, 0.2) is 42.5 Å². The fourth-order valence-corrected chi connectivity index (χ4v) is 4.14. The van der Waals surface area contributed by atoms with Crippen molar-refractivity contribution in [2.45, 2.75) is 39.3 Å². The third-order valence-corrected chi connectivity index (χ3v) is 6.52. The van der Waals surface area contributed by atoms with Crippen molar-refractivity contribution in [1.29, 1.82) is 0 Å². The number of carbonyl (C=O) groups excluding carboxylic acids is 2. The molecule has 0 radical (unpaired) electrons. The molecule has 0 fully saturated rings. The molecule has 192 valence electrons. The summed E-state index contributed by atoms with van der Waals surface area (Å²) in [5.74, 6) is -2.86. The lowest BCUT2D eigenvalue weighted by Gasteiger charge is -2.31. The Labute approximate surface area is 204 Å². The van der Waals surface area contributed by atoms with Crippen LogP contribution in [-0.4, -0.2) is 57.6 Å². The van der Waals surface area contributed by atoms with E-state index in [4.69, 9.17) is 4.74 Å². The molecule has 2 rings (SSSR count). The highest BCUT2D eigenvalue weighted by Crippen LogP contribution is 2.22. The number of anilines is 1. The number of amides is 2. The van der Waals surface area contributed by atoms with E-state index in [1.165, 1.54) is 12.0 Å². The van der Waals surface area contributed by atoms with Crippen LogP contribution in [0.5, 0.6) is 5.75 Å². The van der Waals surface area contributed by atoms with Gasteiger partial charge in [0.25, 0.3) is 0 Å². The summed E-state index contributed by atoms with van der Waals surface area (Å²) < 4.78 is 57.9. The van der Waals surface area contributed by atoms with Gasteiger partial charge in [-0.15, -0.1) is 0 Å². The summed E-state index contributed by atoms with van der Waals surface area (Å²) in [6.45, 7) is 3.28. The molecule has 2 aromatic rings. The maximum Gasteiger partial charge on any atom is 0.244 e. The van der Waals surface area contributed by atoms with Gasteiger partial charge in [-0.25, -0.2) is 17.2 Å². The Hall–Kier alpha value is -3.21. The second kappa shape index (κ2) is 12.5. The molecule has 11 heteroatoms. The second-order valence-corrected chi connectivity index (χ2v) is 9.97. The van der Waals surface area contributed by atoms with E-state index in [0.29, 0.717) is 28.2 Å². The number of unbranched alkanes of at least 4 members (excludes halogenated alkanes) is 1. The number of methoxy groups -OCH3 is 1. The maximum absolute atomic E-state index is 13.8. The van der Waals surface area contributed by atoms with Gasteiger partial charge in [0.05, 0.1) is 19.1 Å². The fraction of sp³-hybridized carbons (Fsp3) is 0.417. The zero-order valence-corrected chi connectivity index (χ0v) is 21.1. The van der Waals surface area contributed by atoms with Gasteiger partial charge in [0, 0.05) is 19.2 Å². The topological polar surface area (TPSA) is 96.0 Å². The van der Waals surface area contributed by atoms with Crippen molar-refractivity contribution in [1.82, 2.24) is 10.2 Å². The predicted octanol–water partition coefficient (Wildman–Crippen LogP) is 3.07. The molecule has 0 aliphatic heterocycles. The lowest BCUT2D eigenvalue weighted by Crippen LogP contribution is -2.51. The molecule has 0 unspecified atom stereocenters. The molecule has 35 heavy (non-hydrogen) atoms. The van der Waals surface area contributed by atoms with Gasteiger partial charge in [0.2, 0.25) is 21.8 Å². The fourth-order valence-electron chi connectivity index (χ4n) is 3.30. The SMILES string of the molecule is CCCCNC(=O)[C@H](C)N(Cc1ccc(OC)cc1)C(=O)CN(c1ccc(F)c(F)c1)S(C)(=O)=O. The van der Waals surface area contributed by atoms with Gasteiger partial charge in [0.15, 0.2) is 11.6 Å². The van der Waals surface area contributed by atoms with E-state index >= 15 is 0 Å². The minimum absolute atomic E-state index is 0.0145. The number of halogens is 2. The lowest BCUT2D eigenvalue weighted by atomic mass is 10.1. The van der Waals surface area contributed by atoms with E-state index in [0.717, 1.165) is 31.2 Å². The standard InChI is InChI=1S/C24H31F2N3O5S/c1-5-6-13-27-24(31)17(2)28(15-18-7-10-20(34-3)11-8-18)23(30)16-29(35(4,32)33)19-9-12-21(25)22(26)14-19/h7-12,14,17H,5-6,13,15-16H2,1-4H3,(H,27,31)/t17-/m0/s1. The Morgan fingerprint density at radius 1 is 1.09 bits per heavy atom. The lowest BCUT2D eigenvalue weighted by molar-refractivity contribution is -0.139. The minimum atomic E-state index is -4.04. The van der Waals surface area contributed by atoms with Gasteiger partial charge in [0.1, 0.15) is 18.3 Å². The van der Waals surface area contributed by atoms with Crippen molar-refractivity contribution in [3.8, 4) is 5.75 Å². The van der Waals surface area contributed by atoms with E-state index in [1.807, 2.05) is 6.92 Å². The molecule has 0 aliphatic rings. The maximum atomic E-state index is 13.8. The van der Waals surface area contributed by atoms with Gasteiger partial charge in [-0.1, -0.05) is 25.5 Å². The van der Waals surface area contributed by atoms with E-state index in [-0.39, 0.29) is 18.1 Å². The first kappa shape index (κ1) is 28.0. The van der Waals surface area contributed by atoms with Gasteiger partial charge in [-0.05, 0) is 43.2 Å². The summed E-state index contributed by atoms with van der Waals surface area (Å²) in [5, 5.41) is 2.78. The summed E-state index contributed by atoms with van der Waals surface area (Å²) in [6.07, 6.45) is 2.50. The second-order valence-electron chi connectivity index (χ2n) is 8.06. The summed E-state index contributed by atoms with van der Waals surface area (Å²) in [5.41, 5.74) is 0.482. The van der Waals surface area contributed by atoms with Crippen LogP contribution in [0.4, 0.5) is 14.5 Å². The first-order valence-corrected chi connectivity index (χ1v) is 13.0. The third kappa shape index (κ3) is 7.91. The molecule has 0 spiro atoms. The number of nitrogens with one attached hydrogen (secondary N) is 1. The Balaban J connectivity index is 2.36. The summed E-state index contributed by atoms with van der Waals surface area (Å²) in [7, 11) is -2.52. The van der Waals surface area contributed by atoms with Crippen molar-refractivity contribution < 1.29 is 31.5 Å². The zero-order chi connectivity index (χ0) is 26.2. The van der Waals surface area contributed by atoms with Crippen LogP contribution < -0.4 is 14.4 Å². The molecular weight excluding hydrogens is 480 g/mol. The van der Waals surface area contributed by atoms with E-state index in [9.17, 15) is 26.8 Å². The summed E-state index contributed by atoms with van der Waals surface area (Å²) in [6, 6.07) is 8.50. The number of ether oxygens (including phenoxy) is 1. The Bertz CT molecular complexity index is 1130. The number of sulfonamides is 1. The van der Waals surface area contributed by atoms with E-state index in [1.54, 1.807) is 31.2 Å². The van der Waals surface area contributed by atoms with Crippen LogP contribution in [0.3, 0.4) is 0 Å². The highest BCUT2D eigenvalue weighted by molar-refractivity contribution is 7.92. The van der Waals surface area contributed by atoms with Crippen molar-refractivity contribution >= 4 is 27.5 Å². The number of nitrogens with zero attached hydrogens (tertiary/aromatic N) is 2. The third-order valence-electron chi connectivity index (χ3n) is 5.38. The molecule has 0 heterocycles. The number of rotatable bonds is 12. The predicted molar refractivity (Wildman–Crippen MR) is 129 cm³/mol. The number of hydrogen-bond acceptors (Lipinski definition) is 5. The Kier molecular flexibility index (Phi) is 10.00. The minimum Gasteiger partial charge on any atom is -0.497 e. The molecular formula is C24H31F2N3O5S. The molecule has 0 bridgehead atoms. The molecule has 0 saturated heterocycles. The van der Waals surface area contributed by atoms with Crippen LogP contribution in [0.2, 0.25) is 0 Å². The average Bonchev–Trinajstić information content (AvgIpc) is 2.82. The van der Waals surface area contributed by atoms with Crippen LogP contribution in [0, 0.1) is 11.6 Å². The quantitative estimate of drug-likeness (QED) is 0.442. The first-order chi connectivity index (χ1) is 16.5. The summed E-state index contributed by atoms with van der Waals surface area (Å²) >= 11 is 0. The van der Waals surface area contributed by atoms with Crippen molar-refractivity contribution in [3.63, 3.8) is 0 Å². The van der Waals surface area contributed by atoms with Crippen LogP contribution in [0.1, 0.15) is 32.3 Å². The molecule has 0 aromatic heterocycles. The highest BCUT2D eigenvalue weighted by Gasteiger charge is 2.30. The molecule has 2 amide bonds. The average molecular weight is 512 g/mol. The first-order valence-electron chi connectivity index (χ1n) is 11.1. The van der Waals surface area contributed by atoms with Crippen LogP contribution in [-0.2, 0) is 26.2 Å². The molecule has 1 N–H and O–H groups in total. The van der Waals surface area contributed by atoms with Gasteiger partial charge in [-0.3, -0.25) is 13.9 Å². The van der Waals surface area contributed by atoms with Gasteiger partial charge < -0.3 is 15.0 Å². The normalized spacial score (nSPS) is 12.1. The Morgan fingerprint density at radius 3 is 2.29 bits per heavy atom. The molecule has 2 aromatic carbocycles. The van der Waals surface area contributed by atoms with Gasteiger partial charge in [-0.2, -0.15) is 0 Å². The Morgan fingerprint density at radius 2 is 1.74 bits per heavy atom. The molecule has 0 aliphatic carbocycles. The monoisotopic (exact) mass is 511 g/mol. The molecule has 1 atom stereocenters. The largest absolute Gasteiger partial charge is 0.497 e. The highest BCUT2D eigenvalue weighted by atomic mass is 32.2. The van der Waals surface area contributed by atoms with Crippen LogP contribution in [0.25, 0.3) is 0 Å². The van der Waals surface area contributed by atoms with Crippen LogP contribution >= 0.6 is 0 Å².